The molecule has 1 aliphatic heterocycles. The van der Waals surface area contributed by atoms with Gasteiger partial charge in [0.05, 0.1) is 11.6 Å². The monoisotopic (exact) mass is 344 g/mol. The summed E-state index contributed by atoms with van der Waals surface area (Å²) < 4.78 is 0. The zero-order valence-corrected chi connectivity index (χ0v) is 13.7. The summed E-state index contributed by atoms with van der Waals surface area (Å²) in [5, 5.41) is 9.73. The van der Waals surface area contributed by atoms with Gasteiger partial charge in [0.25, 0.3) is 5.91 Å². The highest BCUT2D eigenvalue weighted by atomic mass is 35.5. The van der Waals surface area contributed by atoms with Crippen LogP contribution in [0.5, 0.6) is 0 Å². The molecule has 0 saturated carbocycles. The number of carboxylic acids is 1. The maximum absolute atomic E-state index is 12.9. The van der Waals surface area contributed by atoms with Crippen LogP contribution in [0.25, 0.3) is 0 Å². The van der Waals surface area contributed by atoms with Gasteiger partial charge in [0.2, 0.25) is 0 Å². The number of likely N-dealkylation sites (tertiary alicyclic amines) is 1. The topological polar surface area (TPSA) is 70.5 Å². The number of aromatic nitrogens is 1. The molecule has 1 atom stereocenters. The molecule has 0 aliphatic carbocycles. The van der Waals surface area contributed by atoms with Gasteiger partial charge in [0.15, 0.2) is 0 Å². The van der Waals surface area contributed by atoms with Crippen molar-refractivity contribution in [1.82, 2.24) is 9.88 Å². The summed E-state index contributed by atoms with van der Waals surface area (Å²) in [6.45, 7) is 0.620. The Balaban J connectivity index is 1.91. The van der Waals surface area contributed by atoms with Crippen molar-refractivity contribution < 1.29 is 14.7 Å². The second-order valence-corrected chi connectivity index (χ2v) is 6.24. The van der Waals surface area contributed by atoms with Crippen LogP contribution in [-0.2, 0) is 0 Å². The Morgan fingerprint density at radius 3 is 2.79 bits per heavy atom. The number of nitrogens with zero attached hydrogens (tertiary/aromatic N) is 2. The fourth-order valence-electron chi connectivity index (χ4n) is 3.06. The summed E-state index contributed by atoms with van der Waals surface area (Å²) in [5.74, 6) is -1.32. The molecule has 1 saturated heterocycles. The molecule has 0 bridgehead atoms. The first-order chi connectivity index (χ1) is 11.6. The van der Waals surface area contributed by atoms with Crippen LogP contribution in [0.1, 0.15) is 51.7 Å². The predicted octanol–water partition coefficient (Wildman–Crippen LogP) is 3.80. The molecule has 5 nitrogen and oxygen atoms in total. The highest BCUT2D eigenvalue weighted by molar-refractivity contribution is 6.30. The third-order valence-corrected chi connectivity index (χ3v) is 4.46. The Labute approximate surface area is 144 Å². The van der Waals surface area contributed by atoms with Crippen molar-refractivity contribution in [1.29, 1.82) is 0 Å². The molecule has 1 aromatic carbocycles. The summed E-state index contributed by atoms with van der Waals surface area (Å²) >= 11 is 6.08. The predicted molar refractivity (Wildman–Crippen MR) is 90.3 cm³/mol. The van der Waals surface area contributed by atoms with Crippen molar-refractivity contribution in [3.8, 4) is 0 Å². The molecule has 2 aromatic rings. The Morgan fingerprint density at radius 1 is 1.21 bits per heavy atom. The largest absolute Gasteiger partial charge is 0.478 e. The fourth-order valence-corrected chi connectivity index (χ4v) is 3.26. The second-order valence-electron chi connectivity index (χ2n) is 5.80. The minimum atomic E-state index is -1.07. The number of benzene rings is 1. The van der Waals surface area contributed by atoms with Gasteiger partial charge in [-0.15, -0.1) is 0 Å². The number of carbonyl (C=O) groups excluding carboxylic acids is 1. The summed E-state index contributed by atoms with van der Waals surface area (Å²) in [4.78, 5) is 29.8. The molecule has 2 heterocycles. The number of carbonyl (C=O) groups is 2. The van der Waals surface area contributed by atoms with Crippen molar-refractivity contribution in [2.75, 3.05) is 6.54 Å². The molecule has 1 unspecified atom stereocenters. The molecular formula is C18H17ClN2O3. The Kier molecular flexibility index (Phi) is 4.81. The quantitative estimate of drug-likeness (QED) is 0.919. The number of hydrogen-bond acceptors (Lipinski definition) is 3. The standard InChI is InChI=1S/C18H17ClN2O3/c19-14-5-3-4-12(10-14)16-6-1-2-9-21(16)17(22)15-11-13(18(23)24)7-8-20-15/h3-5,7-8,10-11,16H,1-2,6,9H2,(H,23,24). The van der Waals surface area contributed by atoms with Gasteiger partial charge in [-0.05, 0) is 49.1 Å². The minimum Gasteiger partial charge on any atom is -0.478 e. The van der Waals surface area contributed by atoms with Crippen LogP contribution in [0.3, 0.4) is 0 Å². The van der Waals surface area contributed by atoms with E-state index in [-0.39, 0.29) is 23.2 Å². The molecule has 6 heteroatoms. The summed E-state index contributed by atoms with van der Waals surface area (Å²) in [6.07, 6.45) is 4.16. The van der Waals surface area contributed by atoms with Crippen LogP contribution in [0.2, 0.25) is 5.02 Å². The van der Waals surface area contributed by atoms with Crippen molar-refractivity contribution in [2.45, 2.75) is 25.3 Å². The lowest BCUT2D eigenvalue weighted by atomic mass is 9.95. The van der Waals surface area contributed by atoms with Gasteiger partial charge in [0, 0.05) is 17.8 Å². The highest BCUT2D eigenvalue weighted by Crippen LogP contribution is 2.33. The van der Waals surface area contributed by atoms with E-state index >= 15 is 0 Å². The molecule has 124 valence electrons. The summed E-state index contributed by atoms with van der Waals surface area (Å²) in [5.41, 5.74) is 1.21. The number of halogens is 1. The van der Waals surface area contributed by atoms with Crippen molar-refractivity contribution >= 4 is 23.5 Å². The van der Waals surface area contributed by atoms with Crippen LogP contribution in [0, 0.1) is 0 Å². The average molecular weight is 345 g/mol. The molecule has 0 spiro atoms. The van der Waals surface area contributed by atoms with Gasteiger partial charge in [-0.3, -0.25) is 9.78 Å². The Hall–Kier alpha value is -2.40. The van der Waals surface area contributed by atoms with Gasteiger partial charge in [-0.2, -0.15) is 0 Å². The van der Waals surface area contributed by atoms with Gasteiger partial charge in [-0.1, -0.05) is 23.7 Å². The number of aromatic carboxylic acids is 1. The molecule has 1 aliphatic rings. The lowest BCUT2D eigenvalue weighted by Crippen LogP contribution is -2.39. The lowest BCUT2D eigenvalue weighted by Gasteiger charge is -2.36. The van der Waals surface area contributed by atoms with E-state index in [1.807, 2.05) is 18.2 Å². The molecule has 3 rings (SSSR count). The molecule has 1 N–H and O–H groups in total. The Morgan fingerprint density at radius 2 is 2.04 bits per heavy atom. The first-order valence-corrected chi connectivity index (χ1v) is 8.20. The maximum atomic E-state index is 12.9. The van der Waals surface area contributed by atoms with Crippen molar-refractivity contribution in [3.63, 3.8) is 0 Å². The molecule has 1 aromatic heterocycles. The van der Waals surface area contributed by atoms with E-state index in [0.717, 1.165) is 24.8 Å². The number of pyridine rings is 1. The number of hydrogen-bond donors (Lipinski definition) is 1. The zero-order chi connectivity index (χ0) is 17.1. The first kappa shape index (κ1) is 16.5. The van der Waals surface area contributed by atoms with E-state index in [1.165, 1.54) is 18.3 Å². The third kappa shape index (κ3) is 3.41. The van der Waals surface area contributed by atoms with Crippen LogP contribution in [-0.4, -0.2) is 33.4 Å². The van der Waals surface area contributed by atoms with E-state index in [0.29, 0.717) is 11.6 Å². The molecular weight excluding hydrogens is 328 g/mol. The molecule has 1 fully saturated rings. The maximum Gasteiger partial charge on any atom is 0.335 e. The van der Waals surface area contributed by atoms with Crippen LogP contribution >= 0.6 is 11.6 Å². The van der Waals surface area contributed by atoms with E-state index in [1.54, 1.807) is 11.0 Å². The summed E-state index contributed by atoms with van der Waals surface area (Å²) in [6, 6.07) is 10.1. The average Bonchev–Trinajstić information content (AvgIpc) is 2.61. The zero-order valence-electron chi connectivity index (χ0n) is 13.0. The van der Waals surface area contributed by atoms with Crippen LogP contribution in [0.4, 0.5) is 0 Å². The fraction of sp³-hybridized carbons (Fsp3) is 0.278. The second kappa shape index (κ2) is 7.01. The van der Waals surface area contributed by atoms with Crippen LogP contribution < -0.4 is 0 Å². The number of amides is 1. The number of rotatable bonds is 3. The van der Waals surface area contributed by atoms with Gasteiger partial charge in [-0.25, -0.2) is 4.79 Å². The number of carboxylic acid groups (broad SMARTS) is 1. The van der Waals surface area contributed by atoms with Crippen molar-refractivity contribution in [2.24, 2.45) is 0 Å². The normalized spacial score (nSPS) is 17.5. The smallest absolute Gasteiger partial charge is 0.335 e. The summed E-state index contributed by atoms with van der Waals surface area (Å²) in [7, 11) is 0. The Bertz CT molecular complexity index is 778. The van der Waals surface area contributed by atoms with Gasteiger partial charge >= 0.3 is 5.97 Å². The van der Waals surface area contributed by atoms with E-state index in [4.69, 9.17) is 16.7 Å². The first-order valence-electron chi connectivity index (χ1n) is 7.82. The molecule has 0 radical (unpaired) electrons. The lowest BCUT2D eigenvalue weighted by molar-refractivity contribution is 0.0605. The van der Waals surface area contributed by atoms with Gasteiger partial charge < -0.3 is 10.0 Å². The van der Waals surface area contributed by atoms with Crippen LogP contribution in [0.15, 0.2) is 42.6 Å². The van der Waals surface area contributed by atoms with E-state index in [2.05, 4.69) is 4.98 Å². The molecule has 24 heavy (non-hydrogen) atoms. The van der Waals surface area contributed by atoms with Crippen molar-refractivity contribution in [3.05, 3.63) is 64.4 Å². The highest BCUT2D eigenvalue weighted by Gasteiger charge is 2.29. The van der Waals surface area contributed by atoms with Gasteiger partial charge in [0.1, 0.15) is 5.69 Å². The van der Waals surface area contributed by atoms with E-state index in [9.17, 15) is 9.59 Å². The molecule has 1 amide bonds. The SMILES string of the molecule is O=C(O)c1ccnc(C(=O)N2CCCCC2c2cccc(Cl)c2)c1. The number of piperidine rings is 1. The minimum absolute atomic E-state index is 0.0599. The third-order valence-electron chi connectivity index (χ3n) is 4.22. The van der Waals surface area contributed by atoms with E-state index < -0.39 is 5.97 Å².